The molecule has 0 amide bonds. The molecule has 0 aliphatic heterocycles. The van der Waals surface area contributed by atoms with Gasteiger partial charge in [-0.3, -0.25) is 0 Å². The zero-order valence-electron chi connectivity index (χ0n) is 9.30. The fourth-order valence-corrected chi connectivity index (χ4v) is 2.65. The molecule has 0 bridgehead atoms. The van der Waals surface area contributed by atoms with Gasteiger partial charge >= 0.3 is 0 Å². The van der Waals surface area contributed by atoms with Crippen LogP contribution in [0.5, 0.6) is 0 Å². The summed E-state index contributed by atoms with van der Waals surface area (Å²) in [5.74, 6) is 0. The summed E-state index contributed by atoms with van der Waals surface area (Å²) in [6.45, 7) is 1.75. The highest BCUT2D eigenvalue weighted by Gasteiger charge is 2.09. The first-order chi connectivity index (χ1) is 8.16. The van der Waals surface area contributed by atoms with Crippen LogP contribution in [0, 0.1) is 0 Å². The number of nitrogens with zero attached hydrogens (tertiary/aromatic N) is 1. The summed E-state index contributed by atoms with van der Waals surface area (Å²) < 4.78 is 1.05. The minimum atomic E-state index is -0.498. The van der Waals surface area contributed by atoms with Crippen LogP contribution in [0.2, 0.25) is 0 Å². The third kappa shape index (κ3) is 3.31. The standard InChI is InChI=1S/C13H12BrNOS/c1-9(16)12-3-2-8-15-13(12)17-11-6-4-10(14)5-7-11/h2-9,16H,1H3. The summed E-state index contributed by atoms with van der Waals surface area (Å²) in [6, 6.07) is 11.8. The molecule has 88 valence electrons. The van der Waals surface area contributed by atoms with E-state index in [0.717, 1.165) is 20.0 Å². The summed E-state index contributed by atoms with van der Waals surface area (Å²) in [5, 5.41) is 10.5. The maximum absolute atomic E-state index is 9.67. The van der Waals surface area contributed by atoms with Gasteiger partial charge in [0, 0.05) is 21.1 Å². The molecular formula is C13H12BrNOS. The first kappa shape index (κ1) is 12.6. The maximum atomic E-state index is 9.67. The molecule has 0 spiro atoms. The van der Waals surface area contributed by atoms with E-state index in [0.29, 0.717) is 0 Å². The largest absolute Gasteiger partial charge is 0.389 e. The molecule has 0 aliphatic rings. The average molecular weight is 310 g/mol. The molecule has 0 fully saturated rings. The minimum Gasteiger partial charge on any atom is -0.389 e. The van der Waals surface area contributed by atoms with Crippen LogP contribution in [0.25, 0.3) is 0 Å². The third-order valence-electron chi connectivity index (χ3n) is 2.28. The zero-order chi connectivity index (χ0) is 12.3. The Bertz CT molecular complexity index is 499. The van der Waals surface area contributed by atoms with Gasteiger partial charge in [-0.25, -0.2) is 4.98 Å². The van der Waals surface area contributed by atoms with Crippen molar-refractivity contribution in [2.75, 3.05) is 0 Å². The van der Waals surface area contributed by atoms with Gasteiger partial charge in [0.25, 0.3) is 0 Å². The van der Waals surface area contributed by atoms with Gasteiger partial charge in [-0.05, 0) is 37.3 Å². The first-order valence-corrected chi connectivity index (χ1v) is 6.84. The molecule has 1 aromatic carbocycles. The lowest BCUT2D eigenvalue weighted by Gasteiger charge is -2.09. The van der Waals surface area contributed by atoms with E-state index in [1.807, 2.05) is 36.4 Å². The summed E-state index contributed by atoms with van der Waals surface area (Å²) in [5.41, 5.74) is 0.861. The Balaban J connectivity index is 2.26. The van der Waals surface area contributed by atoms with E-state index < -0.39 is 6.10 Å². The molecular weight excluding hydrogens is 298 g/mol. The van der Waals surface area contributed by atoms with Gasteiger partial charge in [0.05, 0.1) is 6.10 Å². The quantitative estimate of drug-likeness (QED) is 0.928. The number of hydrogen-bond acceptors (Lipinski definition) is 3. The van der Waals surface area contributed by atoms with Crippen molar-refractivity contribution >= 4 is 27.7 Å². The minimum absolute atomic E-state index is 0.498. The van der Waals surface area contributed by atoms with Crippen LogP contribution in [0.4, 0.5) is 0 Å². The number of aromatic nitrogens is 1. The van der Waals surface area contributed by atoms with E-state index in [1.165, 1.54) is 0 Å². The lowest BCUT2D eigenvalue weighted by molar-refractivity contribution is 0.195. The average Bonchev–Trinajstić information content (AvgIpc) is 2.32. The number of pyridine rings is 1. The molecule has 1 aromatic heterocycles. The van der Waals surface area contributed by atoms with Crippen LogP contribution >= 0.6 is 27.7 Å². The number of rotatable bonds is 3. The van der Waals surface area contributed by atoms with Crippen LogP contribution in [0.15, 0.2) is 57.0 Å². The number of halogens is 1. The highest BCUT2D eigenvalue weighted by atomic mass is 79.9. The highest BCUT2D eigenvalue weighted by Crippen LogP contribution is 2.31. The molecule has 1 atom stereocenters. The normalized spacial score (nSPS) is 12.4. The molecule has 2 rings (SSSR count). The Labute approximate surface area is 113 Å². The highest BCUT2D eigenvalue weighted by molar-refractivity contribution is 9.10. The van der Waals surface area contributed by atoms with E-state index >= 15 is 0 Å². The molecule has 0 aliphatic carbocycles. The smallest absolute Gasteiger partial charge is 0.106 e. The van der Waals surface area contributed by atoms with E-state index in [9.17, 15) is 5.11 Å². The summed E-state index contributed by atoms with van der Waals surface area (Å²) in [4.78, 5) is 5.41. The second-order valence-electron chi connectivity index (χ2n) is 3.63. The number of aliphatic hydroxyl groups excluding tert-OH is 1. The van der Waals surface area contributed by atoms with Crippen molar-refractivity contribution in [1.82, 2.24) is 4.98 Å². The number of hydrogen-bond donors (Lipinski definition) is 1. The van der Waals surface area contributed by atoms with Gasteiger partial charge in [0.1, 0.15) is 5.03 Å². The van der Waals surface area contributed by atoms with E-state index in [-0.39, 0.29) is 0 Å². The Morgan fingerprint density at radius 2 is 1.94 bits per heavy atom. The molecule has 2 nitrogen and oxygen atoms in total. The molecule has 1 N–H and O–H groups in total. The lowest BCUT2D eigenvalue weighted by Crippen LogP contribution is -1.95. The van der Waals surface area contributed by atoms with Crippen LogP contribution < -0.4 is 0 Å². The van der Waals surface area contributed by atoms with Crippen LogP contribution in [-0.4, -0.2) is 10.1 Å². The predicted octanol–water partition coefficient (Wildman–Crippen LogP) is 4.05. The summed E-state index contributed by atoms with van der Waals surface area (Å²) in [7, 11) is 0. The van der Waals surface area contributed by atoms with Gasteiger partial charge in [-0.15, -0.1) is 0 Å². The SMILES string of the molecule is CC(O)c1cccnc1Sc1ccc(Br)cc1. The van der Waals surface area contributed by atoms with Crippen molar-refractivity contribution in [3.05, 3.63) is 52.6 Å². The van der Waals surface area contributed by atoms with Crippen LogP contribution in [0.3, 0.4) is 0 Å². The molecule has 4 heteroatoms. The fraction of sp³-hybridized carbons (Fsp3) is 0.154. The van der Waals surface area contributed by atoms with Crippen molar-refractivity contribution in [2.45, 2.75) is 22.9 Å². The van der Waals surface area contributed by atoms with Crippen molar-refractivity contribution < 1.29 is 5.11 Å². The summed E-state index contributed by atoms with van der Waals surface area (Å²) >= 11 is 4.96. The number of benzene rings is 1. The Morgan fingerprint density at radius 3 is 2.59 bits per heavy atom. The second kappa shape index (κ2) is 5.67. The Morgan fingerprint density at radius 1 is 1.24 bits per heavy atom. The van der Waals surface area contributed by atoms with E-state index in [4.69, 9.17) is 0 Å². The van der Waals surface area contributed by atoms with Gasteiger partial charge < -0.3 is 5.11 Å². The second-order valence-corrected chi connectivity index (χ2v) is 5.61. The van der Waals surface area contributed by atoms with Crippen molar-refractivity contribution in [3.8, 4) is 0 Å². The maximum Gasteiger partial charge on any atom is 0.106 e. The monoisotopic (exact) mass is 309 g/mol. The van der Waals surface area contributed by atoms with Crippen molar-refractivity contribution in [1.29, 1.82) is 0 Å². The Kier molecular flexibility index (Phi) is 4.20. The van der Waals surface area contributed by atoms with Gasteiger partial charge in [0.2, 0.25) is 0 Å². The molecule has 1 heterocycles. The van der Waals surface area contributed by atoms with E-state index in [2.05, 4.69) is 20.9 Å². The zero-order valence-corrected chi connectivity index (χ0v) is 11.7. The van der Waals surface area contributed by atoms with Gasteiger partial charge in [0.15, 0.2) is 0 Å². The van der Waals surface area contributed by atoms with Gasteiger partial charge in [-0.2, -0.15) is 0 Å². The predicted molar refractivity (Wildman–Crippen MR) is 73.1 cm³/mol. The summed E-state index contributed by atoms with van der Waals surface area (Å²) in [6.07, 6.45) is 1.24. The fourth-order valence-electron chi connectivity index (χ4n) is 1.42. The van der Waals surface area contributed by atoms with Gasteiger partial charge in [-0.1, -0.05) is 33.8 Å². The third-order valence-corrected chi connectivity index (χ3v) is 3.85. The lowest BCUT2D eigenvalue weighted by atomic mass is 10.2. The molecule has 0 saturated heterocycles. The molecule has 0 saturated carbocycles. The Hall–Kier alpha value is -0.840. The first-order valence-electron chi connectivity index (χ1n) is 5.23. The molecule has 17 heavy (non-hydrogen) atoms. The van der Waals surface area contributed by atoms with Crippen LogP contribution in [0.1, 0.15) is 18.6 Å². The molecule has 1 unspecified atom stereocenters. The molecule has 0 radical (unpaired) electrons. The van der Waals surface area contributed by atoms with Crippen LogP contribution in [-0.2, 0) is 0 Å². The number of aliphatic hydroxyl groups is 1. The van der Waals surface area contributed by atoms with Crippen molar-refractivity contribution in [3.63, 3.8) is 0 Å². The van der Waals surface area contributed by atoms with E-state index in [1.54, 1.807) is 24.9 Å². The molecule has 2 aromatic rings. The topological polar surface area (TPSA) is 33.1 Å². The van der Waals surface area contributed by atoms with Crippen molar-refractivity contribution in [2.24, 2.45) is 0 Å².